The van der Waals surface area contributed by atoms with Crippen molar-refractivity contribution in [2.45, 2.75) is 6.61 Å². The molecule has 1 amide bonds. The summed E-state index contributed by atoms with van der Waals surface area (Å²) in [5.74, 6) is 1.11. The number of aliphatic hydroxyl groups excluding tert-OH is 1. The molecule has 28 heavy (non-hydrogen) atoms. The summed E-state index contributed by atoms with van der Waals surface area (Å²) in [6.45, 7) is 0.0566. The predicted octanol–water partition coefficient (Wildman–Crippen LogP) is 3.21. The monoisotopic (exact) mass is 383 g/mol. The van der Waals surface area contributed by atoms with Crippen molar-refractivity contribution < 1.29 is 24.1 Å². The molecule has 0 saturated heterocycles. The van der Waals surface area contributed by atoms with Crippen molar-refractivity contribution in [1.82, 2.24) is 10.2 Å². The molecule has 0 spiro atoms. The predicted molar refractivity (Wildman–Crippen MR) is 103 cm³/mol. The van der Waals surface area contributed by atoms with Crippen LogP contribution in [0.1, 0.15) is 5.56 Å². The Kier molecular flexibility index (Phi) is 6.48. The summed E-state index contributed by atoms with van der Waals surface area (Å²) >= 11 is 0. The number of aromatic nitrogens is 2. The minimum Gasteiger partial charge on any atom is -0.497 e. The molecule has 0 radical (unpaired) electrons. The number of carbonyl (C=O) groups excluding carboxylic acids is 1. The van der Waals surface area contributed by atoms with E-state index >= 15 is 0 Å². The molecule has 1 aromatic heterocycles. The smallest absolute Gasteiger partial charge is 0.412 e. The van der Waals surface area contributed by atoms with Gasteiger partial charge in [0.15, 0.2) is 0 Å². The molecule has 0 aliphatic rings. The average Bonchev–Trinajstić information content (AvgIpc) is 3.26. The third-order valence-electron chi connectivity index (χ3n) is 3.90. The van der Waals surface area contributed by atoms with E-state index in [-0.39, 0.29) is 19.8 Å². The molecule has 146 valence electrons. The van der Waals surface area contributed by atoms with Crippen molar-refractivity contribution in [2.24, 2.45) is 0 Å². The third-order valence-corrected chi connectivity index (χ3v) is 3.90. The number of hydrogen-bond acceptors (Lipinski definition) is 6. The first-order chi connectivity index (χ1) is 13.7. The highest BCUT2D eigenvalue weighted by atomic mass is 16.5. The summed E-state index contributed by atoms with van der Waals surface area (Å²) in [6.07, 6.45) is 2.81. The second-order valence-corrected chi connectivity index (χ2v) is 5.82. The zero-order valence-corrected chi connectivity index (χ0v) is 15.3. The highest BCUT2D eigenvalue weighted by Gasteiger charge is 2.12. The van der Waals surface area contributed by atoms with Crippen molar-refractivity contribution in [1.29, 1.82) is 0 Å². The van der Waals surface area contributed by atoms with Crippen LogP contribution in [0.4, 0.5) is 10.5 Å². The highest BCUT2D eigenvalue weighted by Crippen LogP contribution is 2.31. The van der Waals surface area contributed by atoms with E-state index in [0.717, 1.165) is 16.7 Å². The van der Waals surface area contributed by atoms with Crippen LogP contribution in [0.5, 0.6) is 11.5 Å². The van der Waals surface area contributed by atoms with Gasteiger partial charge in [0.25, 0.3) is 0 Å². The maximum absolute atomic E-state index is 12.2. The molecule has 0 fully saturated rings. The van der Waals surface area contributed by atoms with Gasteiger partial charge in [-0.15, -0.1) is 0 Å². The minimum absolute atomic E-state index is 0.0996. The van der Waals surface area contributed by atoms with Crippen molar-refractivity contribution >= 4 is 11.8 Å². The molecule has 0 aliphatic heterocycles. The van der Waals surface area contributed by atoms with Crippen LogP contribution < -0.4 is 14.8 Å². The van der Waals surface area contributed by atoms with Crippen LogP contribution in [-0.4, -0.2) is 41.7 Å². The van der Waals surface area contributed by atoms with Gasteiger partial charge < -0.3 is 19.3 Å². The van der Waals surface area contributed by atoms with Crippen molar-refractivity contribution in [3.63, 3.8) is 0 Å². The van der Waals surface area contributed by atoms with E-state index in [1.165, 1.54) is 0 Å². The molecule has 3 N–H and O–H groups in total. The number of H-pyrrole nitrogens is 1. The van der Waals surface area contributed by atoms with Crippen molar-refractivity contribution in [3.8, 4) is 22.6 Å². The Hall–Kier alpha value is -3.52. The molecule has 0 saturated carbocycles. The van der Waals surface area contributed by atoms with Gasteiger partial charge in [0.2, 0.25) is 0 Å². The number of amides is 1. The number of hydrogen-bond donors (Lipinski definition) is 3. The van der Waals surface area contributed by atoms with Gasteiger partial charge in [-0.3, -0.25) is 10.4 Å². The van der Waals surface area contributed by atoms with Crippen LogP contribution in [0.2, 0.25) is 0 Å². The molecule has 3 aromatic rings. The number of methoxy groups -OCH3 is 1. The number of rotatable bonds is 8. The highest BCUT2D eigenvalue weighted by molar-refractivity contribution is 5.87. The summed E-state index contributed by atoms with van der Waals surface area (Å²) in [7, 11) is 1.58. The molecule has 0 bridgehead atoms. The molecule has 2 aromatic carbocycles. The van der Waals surface area contributed by atoms with Gasteiger partial charge in [0.1, 0.15) is 24.7 Å². The maximum Gasteiger partial charge on any atom is 0.412 e. The van der Waals surface area contributed by atoms with Gasteiger partial charge >= 0.3 is 6.09 Å². The first kappa shape index (κ1) is 19.2. The molecule has 1 heterocycles. The molecule has 3 rings (SSSR count). The Balaban J connectivity index is 1.68. The summed E-state index contributed by atoms with van der Waals surface area (Å²) in [5, 5.41) is 18.4. The fourth-order valence-electron chi connectivity index (χ4n) is 2.55. The molecule has 8 nitrogen and oxygen atoms in total. The van der Waals surface area contributed by atoms with Gasteiger partial charge in [-0.2, -0.15) is 5.10 Å². The van der Waals surface area contributed by atoms with E-state index < -0.39 is 6.09 Å². The number of ether oxygens (including phenoxy) is 3. The van der Waals surface area contributed by atoms with Gasteiger partial charge in [0.05, 0.1) is 25.6 Å². The molecular weight excluding hydrogens is 362 g/mol. The number of nitrogens with zero attached hydrogens (tertiary/aromatic N) is 1. The molecule has 8 heteroatoms. The SMILES string of the molecule is COc1cccc(COC(=O)Nc2ccc(-c3cn[nH]c3)cc2OCCO)c1. The zero-order valence-electron chi connectivity index (χ0n) is 15.3. The molecule has 0 atom stereocenters. The van der Waals surface area contributed by atoms with Gasteiger partial charge in [-0.05, 0) is 35.4 Å². The lowest BCUT2D eigenvalue weighted by molar-refractivity contribution is 0.154. The fourth-order valence-corrected chi connectivity index (χ4v) is 2.55. The van der Waals surface area contributed by atoms with E-state index in [4.69, 9.17) is 19.3 Å². The quantitative estimate of drug-likeness (QED) is 0.552. The topological polar surface area (TPSA) is 106 Å². The second kappa shape index (κ2) is 9.43. The van der Waals surface area contributed by atoms with Crippen LogP contribution in [0.25, 0.3) is 11.1 Å². The number of anilines is 1. The summed E-state index contributed by atoms with van der Waals surface area (Å²) in [6, 6.07) is 12.6. The van der Waals surface area contributed by atoms with E-state index in [1.807, 2.05) is 24.3 Å². The first-order valence-corrected chi connectivity index (χ1v) is 8.63. The summed E-state index contributed by atoms with van der Waals surface area (Å²) < 4.78 is 16.0. The molecule has 0 unspecified atom stereocenters. The van der Waals surface area contributed by atoms with Gasteiger partial charge in [-0.1, -0.05) is 18.2 Å². The van der Waals surface area contributed by atoms with E-state index in [2.05, 4.69) is 15.5 Å². The Bertz CT molecular complexity index is 912. The fraction of sp³-hybridized carbons (Fsp3) is 0.200. The van der Waals surface area contributed by atoms with E-state index in [9.17, 15) is 4.79 Å². The number of aliphatic hydroxyl groups is 1. The normalized spacial score (nSPS) is 10.4. The van der Waals surface area contributed by atoms with Gasteiger partial charge in [-0.25, -0.2) is 4.79 Å². The Labute approximate surface area is 162 Å². The van der Waals surface area contributed by atoms with Crippen LogP contribution in [0, 0.1) is 0 Å². The Morgan fingerprint density at radius 3 is 2.86 bits per heavy atom. The molecular formula is C20H21N3O5. The van der Waals surface area contributed by atoms with Crippen LogP contribution >= 0.6 is 0 Å². The third kappa shape index (κ3) is 5.01. The minimum atomic E-state index is -0.618. The number of benzene rings is 2. The average molecular weight is 383 g/mol. The largest absolute Gasteiger partial charge is 0.497 e. The van der Waals surface area contributed by atoms with Crippen LogP contribution in [0.3, 0.4) is 0 Å². The Morgan fingerprint density at radius 2 is 2.11 bits per heavy atom. The van der Waals surface area contributed by atoms with E-state index in [0.29, 0.717) is 17.2 Å². The second-order valence-electron chi connectivity index (χ2n) is 5.82. The Morgan fingerprint density at radius 1 is 1.21 bits per heavy atom. The lowest BCUT2D eigenvalue weighted by Gasteiger charge is -2.14. The van der Waals surface area contributed by atoms with E-state index in [1.54, 1.807) is 37.7 Å². The summed E-state index contributed by atoms with van der Waals surface area (Å²) in [5.41, 5.74) is 2.98. The molecule has 0 aliphatic carbocycles. The van der Waals surface area contributed by atoms with Crippen LogP contribution in [-0.2, 0) is 11.3 Å². The maximum atomic E-state index is 12.2. The number of nitrogens with one attached hydrogen (secondary N) is 2. The van der Waals surface area contributed by atoms with Gasteiger partial charge in [0, 0.05) is 11.8 Å². The first-order valence-electron chi connectivity index (χ1n) is 8.63. The number of carbonyl (C=O) groups is 1. The van der Waals surface area contributed by atoms with Crippen LogP contribution in [0.15, 0.2) is 54.9 Å². The van der Waals surface area contributed by atoms with Crippen molar-refractivity contribution in [2.75, 3.05) is 25.6 Å². The lowest BCUT2D eigenvalue weighted by Crippen LogP contribution is -2.15. The number of aromatic amines is 1. The lowest BCUT2D eigenvalue weighted by atomic mass is 10.1. The standard InChI is InChI=1S/C20H21N3O5/c1-26-17-4-2-3-14(9-17)13-28-20(25)23-18-6-5-15(16-11-21-22-12-16)10-19(18)27-8-7-24/h2-6,9-12,24H,7-8,13H2,1H3,(H,21,22)(H,23,25). The summed E-state index contributed by atoms with van der Waals surface area (Å²) in [4.78, 5) is 12.2. The van der Waals surface area contributed by atoms with Crippen molar-refractivity contribution in [3.05, 3.63) is 60.4 Å². The zero-order chi connectivity index (χ0) is 19.8.